The third kappa shape index (κ3) is 13.5. The fourth-order valence-corrected chi connectivity index (χ4v) is 9.67. The van der Waals surface area contributed by atoms with Crippen molar-refractivity contribution in [1.29, 1.82) is 5.26 Å². The number of aliphatic hydroxyl groups excluding tert-OH is 1. The fourth-order valence-electron chi connectivity index (χ4n) is 8.34. The molecule has 3 atom stereocenters. The number of halogens is 3. The normalized spacial score (nSPS) is 16.7. The molecule has 2 aliphatic heterocycles. The summed E-state index contributed by atoms with van der Waals surface area (Å²) in [4.78, 5) is 63.4. The van der Waals surface area contributed by atoms with E-state index in [4.69, 9.17) is 26.4 Å². The van der Waals surface area contributed by atoms with Gasteiger partial charge >= 0.3 is 6.18 Å². The van der Waals surface area contributed by atoms with Crippen molar-refractivity contribution in [2.45, 2.75) is 110 Å². The highest BCUT2D eigenvalue weighted by atomic mass is 32.1. The summed E-state index contributed by atoms with van der Waals surface area (Å²) in [6.07, 6.45) is -3.16. The smallest absolute Gasteiger partial charge is 0.417 e. The summed E-state index contributed by atoms with van der Waals surface area (Å²) in [5, 5.41) is 25.5. The fraction of sp³-hybridized carbons (Fsp3) is 0.471. The largest absolute Gasteiger partial charge is 0.493 e. The molecule has 3 N–H and O–H groups in total. The van der Waals surface area contributed by atoms with Gasteiger partial charge in [-0.1, -0.05) is 45.0 Å². The number of thiocarbonyl (C=S) groups is 1. The summed E-state index contributed by atoms with van der Waals surface area (Å²) in [7, 11) is 0. The summed E-state index contributed by atoms with van der Waals surface area (Å²) in [6.45, 7) is 12.3. The highest BCUT2D eigenvalue weighted by Crippen LogP contribution is 2.40. The van der Waals surface area contributed by atoms with Crippen LogP contribution in [0.4, 0.5) is 24.5 Å². The topological polar surface area (TPSA) is 187 Å². The van der Waals surface area contributed by atoms with Crippen LogP contribution in [0, 0.1) is 23.7 Å². The first kappa shape index (κ1) is 54.4. The molecule has 4 amide bonds. The van der Waals surface area contributed by atoms with Gasteiger partial charge in [0, 0.05) is 45.0 Å². The Labute approximate surface area is 421 Å². The molecule has 4 aromatic rings. The molecule has 0 aliphatic carbocycles. The predicted molar refractivity (Wildman–Crippen MR) is 266 cm³/mol. The molecular formula is C51H60F3N7O8S2. The molecule has 2 aliphatic rings. The molecule has 6 rings (SSSR count). The van der Waals surface area contributed by atoms with E-state index in [2.05, 4.69) is 15.6 Å². The van der Waals surface area contributed by atoms with Gasteiger partial charge < -0.3 is 39.8 Å². The first-order valence-electron chi connectivity index (χ1n) is 23.3. The summed E-state index contributed by atoms with van der Waals surface area (Å²) in [6, 6.07) is 17.7. The average Bonchev–Trinajstić information content (AvgIpc) is 4.04. The number of rotatable bonds is 21. The Morgan fingerprint density at radius 1 is 0.986 bits per heavy atom. The zero-order chi connectivity index (χ0) is 51.7. The van der Waals surface area contributed by atoms with Crippen molar-refractivity contribution < 1.29 is 51.7 Å². The summed E-state index contributed by atoms with van der Waals surface area (Å²) in [5.41, 5.74) is 1.56. The lowest BCUT2D eigenvalue weighted by molar-refractivity contribution is -0.144. The number of nitriles is 1. The van der Waals surface area contributed by atoms with Crippen LogP contribution in [0.25, 0.3) is 10.4 Å². The number of ether oxygens (including phenoxy) is 3. The monoisotopic (exact) mass is 1020 g/mol. The van der Waals surface area contributed by atoms with Crippen LogP contribution in [0.2, 0.25) is 0 Å². The minimum absolute atomic E-state index is 0.0274. The van der Waals surface area contributed by atoms with Crippen molar-refractivity contribution in [3.05, 3.63) is 94.6 Å². The van der Waals surface area contributed by atoms with Crippen LogP contribution in [0.5, 0.6) is 5.75 Å². The van der Waals surface area contributed by atoms with Crippen molar-refractivity contribution in [3.63, 3.8) is 0 Å². The van der Waals surface area contributed by atoms with Gasteiger partial charge in [0.05, 0.1) is 51.7 Å². The van der Waals surface area contributed by atoms with Crippen molar-refractivity contribution in [2.75, 3.05) is 49.4 Å². The Balaban J connectivity index is 0.856. The number of aliphatic hydroxyl groups is 1. The van der Waals surface area contributed by atoms with E-state index >= 15 is 0 Å². The second-order valence-electron chi connectivity index (χ2n) is 19.0. The van der Waals surface area contributed by atoms with Crippen molar-refractivity contribution in [2.24, 2.45) is 5.41 Å². The highest BCUT2D eigenvalue weighted by Gasteiger charge is 2.51. The number of thiazole rings is 1. The number of hydrogen-bond acceptors (Lipinski definition) is 12. The van der Waals surface area contributed by atoms with Crippen LogP contribution in [0.1, 0.15) is 89.1 Å². The Morgan fingerprint density at radius 3 is 2.31 bits per heavy atom. The number of nitrogens with zero attached hydrogens (tertiary/aromatic N) is 5. The molecule has 380 valence electrons. The van der Waals surface area contributed by atoms with E-state index < -0.39 is 58.3 Å². The summed E-state index contributed by atoms with van der Waals surface area (Å²) in [5.74, 6) is -1.06. The molecule has 2 fully saturated rings. The lowest BCUT2D eigenvalue weighted by atomic mass is 9.85. The van der Waals surface area contributed by atoms with Crippen LogP contribution >= 0.6 is 23.6 Å². The molecular weight excluding hydrogens is 960 g/mol. The number of likely N-dealkylation sites (tertiary alicyclic amines) is 1. The second-order valence-corrected chi connectivity index (χ2v) is 20.2. The molecule has 1 aromatic heterocycles. The number of benzene rings is 3. The van der Waals surface area contributed by atoms with Gasteiger partial charge in [-0.2, -0.15) is 18.4 Å². The molecule has 0 radical (unpaired) electrons. The second kappa shape index (κ2) is 23.5. The number of carbonyl (C=O) groups is 4. The Bertz CT molecular complexity index is 2580. The van der Waals surface area contributed by atoms with Gasteiger partial charge in [0.2, 0.25) is 17.7 Å². The van der Waals surface area contributed by atoms with E-state index in [9.17, 15) is 42.7 Å². The zero-order valence-electron chi connectivity index (χ0n) is 40.6. The molecule has 71 heavy (non-hydrogen) atoms. The predicted octanol–water partition coefficient (Wildman–Crippen LogP) is 7.71. The lowest BCUT2D eigenvalue weighted by Gasteiger charge is -2.35. The number of carbonyl (C=O) groups excluding carboxylic acids is 4. The van der Waals surface area contributed by atoms with Gasteiger partial charge in [-0.25, -0.2) is 4.98 Å². The number of alkyl halides is 3. The SMILES string of the molecule is Cc1ncsc1-c1ccc(CNC(=O)[C@@H]2CCCN2C(=O)[C@@H](NC(=O)COCCCOCCC(O)CCOc2ccc(N3C(=S)N(c4ccc(C#N)c(C(F)(F)F)c4)C(=O)C3(C)C)cc2)C(C)(C)C)cc1. The Hall–Kier alpha value is -5.98. The molecule has 2 saturated heterocycles. The molecule has 0 saturated carbocycles. The van der Waals surface area contributed by atoms with Crippen LogP contribution in [0.15, 0.2) is 72.2 Å². The zero-order valence-corrected chi connectivity index (χ0v) is 42.3. The van der Waals surface area contributed by atoms with E-state index in [0.29, 0.717) is 63.2 Å². The Morgan fingerprint density at radius 2 is 1.66 bits per heavy atom. The number of anilines is 2. The molecule has 15 nitrogen and oxygen atoms in total. The van der Waals surface area contributed by atoms with Crippen LogP contribution < -0.4 is 25.2 Å². The maximum atomic E-state index is 13.9. The van der Waals surface area contributed by atoms with Crippen LogP contribution in [0.3, 0.4) is 0 Å². The van der Waals surface area contributed by atoms with Crippen molar-refractivity contribution in [3.8, 4) is 22.3 Å². The molecule has 3 heterocycles. The third-order valence-electron chi connectivity index (χ3n) is 12.3. The Kier molecular flexibility index (Phi) is 18.0. The minimum Gasteiger partial charge on any atom is -0.493 e. The summed E-state index contributed by atoms with van der Waals surface area (Å²) >= 11 is 7.19. The van der Waals surface area contributed by atoms with Crippen LogP contribution in [-0.4, -0.2) is 107 Å². The lowest BCUT2D eigenvalue weighted by Crippen LogP contribution is -2.58. The molecule has 0 bridgehead atoms. The van der Waals surface area contributed by atoms with Crippen LogP contribution in [-0.2, 0) is 41.4 Å². The quantitative estimate of drug-likeness (QED) is 0.0546. The number of hydrogen-bond donors (Lipinski definition) is 3. The third-order valence-corrected chi connectivity index (χ3v) is 13.6. The van der Waals surface area contributed by atoms with E-state index in [1.54, 1.807) is 59.2 Å². The number of amides is 4. The van der Waals surface area contributed by atoms with E-state index in [1.165, 1.54) is 12.1 Å². The molecule has 0 spiro atoms. The van der Waals surface area contributed by atoms with Gasteiger partial charge in [-0.15, -0.1) is 11.3 Å². The van der Waals surface area contributed by atoms with E-state index in [-0.39, 0.29) is 49.0 Å². The maximum absolute atomic E-state index is 13.9. The standard InChI is InChI=1S/C51H60F3N7O8S2/c1-32-43(71-31-57-32)34-12-10-33(11-13-34)29-56-45(64)41-9-7-22-59(41)46(65)44(49(2,3)4)58-42(63)30-68-24-8-23-67-25-20-38(62)21-26-69-39-18-16-36(17-19-39)61-48(70)60(47(66)50(61,5)6)37-15-14-35(28-55)40(27-37)51(52,53)54/h10-19,27,31,38,41,44,62H,7-9,20-26,29-30H2,1-6H3,(H,56,64)(H,58,63)/t38?,41-,44+/m0/s1. The average molecular weight is 1020 g/mol. The van der Waals surface area contributed by atoms with E-state index in [1.807, 2.05) is 57.5 Å². The number of nitrogens with one attached hydrogen (secondary N) is 2. The molecule has 1 unspecified atom stereocenters. The van der Waals surface area contributed by atoms with Gasteiger partial charge in [0.1, 0.15) is 30.0 Å². The maximum Gasteiger partial charge on any atom is 0.417 e. The first-order valence-corrected chi connectivity index (χ1v) is 24.6. The van der Waals surface area contributed by atoms with E-state index in [0.717, 1.165) is 38.7 Å². The molecule has 3 aromatic carbocycles. The van der Waals surface area contributed by atoms with Gasteiger partial charge in [-0.3, -0.25) is 24.1 Å². The van der Waals surface area contributed by atoms with Gasteiger partial charge in [-0.05, 0) is 118 Å². The molecule has 20 heteroatoms. The highest BCUT2D eigenvalue weighted by molar-refractivity contribution is 7.81. The first-order chi connectivity index (χ1) is 33.6. The van der Waals surface area contributed by atoms with Crippen molar-refractivity contribution in [1.82, 2.24) is 20.5 Å². The van der Waals surface area contributed by atoms with Gasteiger partial charge in [0.15, 0.2) is 5.11 Å². The summed E-state index contributed by atoms with van der Waals surface area (Å²) < 4.78 is 58.2. The van der Waals surface area contributed by atoms with Gasteiger partial charge in [0.25, 0.3) is 5.91 Å². The number of aryl methyl sites for hydroxylation is 1. The minimum atomic E-state index is -4.81. The van der Waals surface area contributed by atoms with Crippen molar-refractivity contribution >= 4 is 63.7 Å². The number of aromatic nitrogens is 1.